The summed E-state index contributed by atoms with van der Waals surface area (Å²) in [6.45, 7) is 0. The molecule has 7 rings (SSSR count). The lowest BCUT2D eigenvalue weighted by Crippen LogP contribution is -1.94. The van der Waals surface area contributed by atoms with E-state index in [1.807, 2.05) is 12.3 Å². The summed E-state index contributed by atoms with van der Waals surface area (Å²) in [4.78, 5) is 4.76. The Balaban J connectivity index is 1.88. The van der Waals surface area contributed by atoms with E-state index < -0.39 is 0 Å². The molecule has 0 saturated carbocycles. The molecule has 0 N–H and O–H groups in total. The number of hydrogen-bond acceptors (Lipinski definition) is 1. The maximum absolute atomic E-state index is 4.76. The fourth-order valence-electron chi connectivity index (χ4n) is 4.93. The number of fused-ring (bicyclic) bond motifs is 12. The van der Waals surface area contributed by atoms with Crippen molar-refractivity contribution in [2.75, 3.05) is 0 Å². The summed E-state index contributed by atoms with van der Waals surface area (Å²) in [7, 11) is 0. The van der Waals surface area contributed by atoms with E-state index in [0.29, 0.717) is 0 Å². The Labute approximate surface area is 166 Å². The van der Waals surface area contributed by atoms with Gasteiger partial charge in [-0.2, -0.15) is 0 Å². The fourth-order valence-corrected chi connectivity index (χ4v) is 4.93. The Morgan fingerprint density at radius 2 is 1.24 bits per heavy atom. The van der Waals surface area contributed by atoms with Crippen LogP contribution < -0.4 is 0 Å². The molecule has 134 valence electrons. The number of pyridine rings is 2. The van der Waals surface area contributed by atoms with E-state index in [1.165, 1.54) is 48.7 Å². The normalized spacial score (nSPS) is 12.1. The van der Waals surface area contributed by atoms with Gasteiger partial charge in [0, 0.05) is 27.7 Å². The van der Waals surface area contributed by atoms with Gasteiger partial charge in [-0.3, -0.25) is 4.98 Å². The lowest BCUT2D eigenvalue weighted by atomic mass is 9.98. The van der Waals surface area contributed by atoms with Crippen molar-refractivity contribution in [2.24, 2.45) is 0 Å². The Hall–Kier alpha value is -3.91. The molecular weight excluding hydrogens is 352 g/mol. The van der Waals surface area contributed by atoms with Crippen molar-refractivity contribution in [1.29, 1.82) is 0 Å². The molecule has 2 heteroatoms. The van der Waals surface area contributed by atoms with Crippen LogP contribution in [0.5, 0.6) is 0 Å². The highest BCUT2D eigenvalue weighted by molar-refractivity contribution is 6.24. The Bertz CT molecular complexity index is 1760. The standard InChI is InChI=1S/C27H16N2/c1-3-8-19-17(6-1)11-12-22-20(19)13-14-23-21-9-5-15-28-26(21)25-16-18-7-2-4-10-24(18)29(25)27(22)23/h1-16H. The predicted octanol–water partition coefficient (Wildman–Crippen LogP) is 7.10. The molecule has 7 aromatic rings. The lowest BCUT2D eigenvalue weighted by Gasteiger charge is -2.13. The monoisotopic (exact) mass is 368 g/mol. The van der Waals surface area contributed by atoms with Gasteiger partial charge in [0.15, 0.2) is 0 Å². The van der Waals surface area contributed by atoms with Crippen LogP contribution in [-0.4, -0.2) is 9.38 Å². The van der Waals surface area contributed by atoms with Gasteiger partial charge >= 0.3 is 0 Å². The number of para-hydroxylation sites is 1. The van der Waals surface area contributed by atoms with Crippen LogP contribution in [0, 0.1) is 0 Å². The Morgan fingerprint density at radius 1 is 0.517 bits per heavy atom. The van der Waals surface area contributed by atoms with E-state index >= 15 is 0 Å². The molecule has 0 bridgehead atoms. The second-order valence-electron chi connectivity index (χ2n) is 7.67. The minimum atomic E-state index is 1.05. The number of nitrogens with zero attached hydrogens (tertiary/aromatic N) is 2. The van der Waals surface area contributed by atoms with Gasteiger partial charge in [-0.1, -0.05) is 72.8 Å². The molecule has 2 nitrogen and oxygen atoms in total. The Morgan fingerprint density at radius 3 is 2.21 bits per heavy atom. The van der Waals surface area contributed by atoms with Gasteiger partial charge in [0.25, 0.3) is 0 Å². The zero-order valence-corrected chi connectivity index (χ0v) is 15.6. The van der Waals surface area contributed by atoms with Gasteiger partial charge in [-0.25, -0.2) is 0 Å². The third kappa shape index (κ3) is 1.88. The van der Waals surface area contributed by atoms with E-state index in [-0.39, 0.29) is 0 Å². The number of rotatable bonds is 0. The summed E-state index contributed by atoms with van der Waals surface area (Å²) in [5, 5.41) is 8.82. The summed E-state index contributed by atoms with van der Waals surface area (Å²) in [5.74, 6) is 0. The molecule has 0 radical (unpaired) electrons. The minimum absolute atomic E-state index is 1.05. The third-order valence-electron chi connectivity index (χ3n) is 6.17. The highest BCUT2D eigenvalue weighted by Gasteiger charge is 2.15. The second kappa shape index (κ2) is 5.33. The molecule has 0 aliphatic heterocycles. The third-order valence-corrected chi connectivity index (χ3v) is 6.17. The topological polar surface area (TPSA) is 17.3 Å². The summed E-state index contributed by atoms with van der Waals surface area (Å²) < 4.78 is 2.40. The van der Waals surface area contributed by atoms with Gasteiger partial charge in [0.2, 0.25) is 0 Å². The van der Waals surface area contributed by atoms with Crippen molar-refractivity contribution in [2.45, 2.75) is 0 Å². The van der Waals surface area contributed by atoms with Crippen LogP contribution in [0.25, 0.3) is 59.8 Å². The second-order valence-corrected chi connectivity index (χ2v) is 7.67. The largest absolute Gasteiger partial charge is 0.306 e. The average molecular weight is 368 g/mol. The first-order valence-electron chi connectivity index (χ1n) is 9.91. The van der Waals surface area contributed by atoms with Crippen LogP contribution in [0.4, 0.5) is 0 Å². The summed E-state index contributed by atoms with van der Waals surface area (Å²) >= 11 is 0. The lowest BCUT2D eigenvalue weighted by molar-refractivity contribution is 1.33. The highest BCUT2D eigenvalue weighted by atomic mass is 14.9. The van der Waals surface area contributed by atoms with Crippen molar-refractivity contribution < 1.29 is 0 Å². The maximum Gasteiger partial charge on any atom is 0.0949 e. The smallest absolute Gasteiger partial charge is 0.0949 e. The Kier molecular flexibility index (Phi) is 2.77. The first-order valence-corrected chi connectivity index (χ1v) is 9.91. The van der Waals surface area contributed by atoms with Crippen LogP contribution in [0.2, 0.25) is 0 Å². The highest BCUT2D eigenvalue weighted by Crippen LogP contribution is 2.38. The fraction of sp³-hybridized carbons (Fsp3) is 0. The predicted molar refractivity (Wildman–Crippen MR) is 123 cm³/mol. The van der Waals surface area contributed by atoms with Crippen LogP contribution >= 0.6 is 0 Å². The SMILES string of the molecule is c1ccc2c(c1)ccc1c2ccc2c3cccnc3c3cc4ccccc4n3c12. The van der Waals surface area contributed by atoms with Crippen LogP contribution in [0.3, 0.4) is 0 Å². The van der Waals surface area contributed by atoms with Gasteiger partial charge in [0.1, 0.15) is 0 Å². The average Bonchev–Trinajstić information content (AvgIpc) is 3.18. The summed E-state index contributed by atoms with van der Waals surface area (Å²) in [5.41, 5.74) is 4.69. The van der Waals surface area contributed by atoms with E-state index in [2.05, 4.69) is 89.3 Å². The quantitative estimate of drug-likeness (QED) is 0.261. The van der Waals surface area contributed by atoms with Crippen molar-refractivity contribution in [3.8, 4) is 0 Å². The summed E-state index contributed by atoms with van der Waals surface area (Å²) in [6.07, 6.45) is 1.89. The number of hydrogen-bond donors (Lipinski definition) is 0. The first kappa shape index (κ1) is 15.1. The molecule has 3 heterocycles. The van der Waals surface area contributed by atoms with Gasteiger partial charge < -0.3 is 4.40 Å². The van der Waals surface area contributed by atoms with Crippen LogP contribution in [0.1, 0.15) is 0 Å². The van der Waals surface area contributed by atoms with E-state index in [0.717, 1.165) is 11.0 Å². The van der Waals surface area contributed by atoms with Gasteiger partial charge in [-0.15, -0.1) is 0 Å². The van der Waals surface area contributed by atoms with E-state index in [1.54, 1.807) is 0 Å². The first-order chi connectivity index (χ1) is 14.4. The van der Waals surface area contributed by atoms with E-state index in [9.17, 15) is 0 Å². The molecule has 0 atom stereocenters. The number of aromatic nitrogens is 2. The molecule has 0 amide bonds. The summed E-state index contributed by atoms with van der Waals surface area (Å²) in [6, 6.07) is 32.8. The molecule has 0 aliphatic carbocycles. The molecular formula is C27H16N2. The molecule has 0 unspecified atom stereocenters. The maximum atomic E-state index is 4.76. The molecule has 4 aromatic carbocycles. The van der Waals surface area contributed by atoms with Gasteiger partial charge in [0.05, 0.1) is 22.1 Å². The van der Waals surface area contributed by atoms with E-state index in [4.69, 9.17) is 4.98 Å². The van der Waals surface area contributed by atoms with Crippen LogP contribution in [-0.2, 0) is 0 Å². The van der Waals surface area contributed by atoms with Crippen LogP contribution in [0.15, 0.2) is 97.2 Å². The van der Waals surface area contributed by atoms with Crippen molar-refractivity contribution >= 4 is 59.8 Å². The molecule has 0 fully saturated rings. The minimum Gasteiger partial charge on any atom is -0.306 e. The molecule has 0 aliphatic rings. The van der Waals surface area contributed by atoms with Crippen molar-refractivity contribution in [3.05, 3.63) is 97.2 Å². The van der Waals surface area contributed by atoms with Gasteiger partial charge in [-0.05, 0) is 34.4 Å². The molecule has 29 heavy (non-hydrogen) atoms. The molecule has 3 aromatic heterocycles. The van der Waals surface area contributed by atoms with Crippen molar-refractivity contribution in [3.63, 3.8) is 0 Å². The van der Waals surface area contributed by atoms with Crippen molar-refractivity contribution in [1.82, 2.24) is 9.38 Å². The molecule has 0 saturated heterocycles. The zero-order chi connectivity index (χ0) is 18.9. The zero-order valence-electron chi connectivity index (χ0n) is 15.6. The number of benzene rings is 4. The molecule has 0 spiro atoms.